The van der Waals surface area contributed by atoms with Gasteiger partial charge in [0.2, 0.25) is 0 Å². The number of piperidine rings is 1. The smallest absolute Gasteiger partial charge is 0.276 e. The first-order valence-corrected chi connectivity index (χ1v) is 9.85. The molecule has 2 aromatic rings. The van der Waals surface area contributed by atoms with Crippen molar-refractivity contribution in [3.63, 3.8) is 0 Å². The summed E-state index contributed by atoms with van der Waals surface area (Å²) in [6, 6.07) is 6.22. The number of benzene rings is 1. The lowest BCUT2D eigenvalue weighted by Gasteiger charge is -2.29. The number of carbonyl (C=O) groups is 1. The quantitative estimate of drug-likeness (QED) is 0.885. The van der Waals surface area contributed by atoms with E-state index in [0.717, 1.165) is 56.8 Å². The average Bonchev–Trinajstić information content (AvgIpc) is 3.09. The Kier molecular flexibility index (Phi) is 5.22. The van der Waals surface area contributed by atoms with Gasteiger partial charge in [-0.25, -0.2) is 4.68 Å². The van der Waals surface area contributed by atoms with Crippen LogP contribution in [0, 0.1) is 6.92 Å². The number of β-amino-alcohol motifs (C(OH)–C–C–N with tert-alkyl or cyclic N) is 1. The normalized spacial score (nSPS) is 17.8. The van der Waals surface area contributed by atoms with Gasteiger partial charge in [-0.05, 0) is 49.8 Å². The maximum Gasteiger partial charge on any atom is 0.276 e. The van der Waals surface area contributed by atoms with E-state index in [9.17, 15) is 9.90 Å². The number of hydrogen-bond donors (Lipinski definition) is 1. The third kappa shape index (κ3) is 3.49. The number of aliphatic hydroxyl groups excluding tert-OH is 1. The van der Waals surface area contributed by atoms with Gasteiger partial charge in [-0.1, -0.05) is 17.3 Å². The molecule has 4 rings (SSSR count). The van der Waals surface area contributed by atoms with E-state index in [-0.39, 0.29) is 12.5 Å². The second-order valence-corrected chi connectivity index (χ2v) is 7.45. The first-order chi connectivity index (χ1) is 13.2. The molecule has 1 N–H and O–H groups in total. The molecule has 27 heavy (non-hydrogen) atoms. The topological polar surface area (TPSA) is 74.5 Å². The molecule has 0 spiro atoms. The largest absolute Gasteiger partial charge is 0.395 e. The zero-order valence-corrected chi connectivity index (χ0v) is 15.9. The van der Waals surface area contributed by atoms with Crippen LogP contribution < -0.4 is 0 Å². The van der Waals surface area contributed by atoms with E-state index >= 15 is 0 Å². The molecule has 1 aromatic carbocycles. The van der Waals surface area contributed by atoms with Crippen LogP contribution in [-0.2, 0) is 13.0 Å². The van der Waals surface area contributed by atoms with E-state index in [4.69, 9.17) is 0 Å². The van der Waals surface area contributed by atoms with E-state index in [1.165, 1.54) is 17.5 Å². The number of likely N-dealkylation sites (tertiary alicyclic amines) is 1. The molecule has 2 aliphatic rings. The number of fused-ring (bicyclic) bond motifs is 1. The second-order valence-electron chi connectivity index (χ2n) is 7.45. The molecule has 144 valence electrons. The summed E-state index contributed by atoms with van der Waals surface area (Å²) in [6.45, 7) is 6.17. The van der Waals surface area contributed by atoms with Crippen LogP contribution in [0.25, 0.3) is 5.69 Å². The van der Waals surface area contributed by atoms with Crippen LogP contribution in [0.2, 0.25) is 0 Å². The van der Waals surface area contributed by atoms with Crippen molar-refractivity contribution in [2.45, 2.75) is 39.2 Å². The molecule has 7 heteroatoms. The van der Waals surface area contributed by atoms with Crippen molar-refractivity contribution in [1.29, 1.82) is 0 Å². The molecule has 3 heterocycles. The molecule has 0 saturated carbocycles. The Labute approximate surface area is 159 Å². The van der Waals surface area contributed by atoms with Gasteiger partial charge >= 0.3 is 0 Å². The van der Waals surface area contributed by atoms with Gasteiger partial charge in [0.15, 0.2) is 5.69 Å². The lowest BCUT2D eigenvalue weighted by molar-refractivity contribution is 0.0717. The fourth-order valence-corrected chi connectivity index (χ4v) is 4.18. The van der Waals surface area contributed by atoms with Crippen LogP contribution in [0.4, 0.5) is 0 Å². The van der Waals surface area contributed by atoms with E-state index < -0.39 is 0 Å². The Morgan fingerprint density at radius 3 is 2.78 bits per heavy atom. The van der Waals surface area contributed by atoms with Crippen LogP contribution in [-0.4, -0.2) is 68.6 Å². The van der Waals surface area contributed by atoms with Gasteiger partial charge in [0.05, 0.1) is 18.0 Å². The Hall–Kier alpha value is -2.25. The monoisotopic (exact) mass is 369 g/mol. The number of aliphatic hydroxyl groups is 1. The number of carbonyl (C=O) groups excluding carboxylic acids is 1. The number of amides is 1. The predicted molar refractivity (Wildman–Crippen MR) is 102 cm³/mol. The summed E-state index contributed by atoms with van der Waals surface area (Å²) in [5.41, 5.74) is 4.80. The summed E-state index contributed by atoms with van der Waals surface area (Å²) in [5.74, 6) is -0.00244. The first-order valence-electron chi connectivity index (χ1n) is 9.85. The molecule has 2 aliphatic heterocycles. The molecular weight excluding hydrogens is 342 g/mol. The highest BCUT2D eigenvalue weighted by Gasteiger charge is 2.26. The third-order valence-corrected chi connectivity index (χ3v) is 5.71. The molecule has 0 unspecified atom stereocenters. The number of rotatable bonds is 4. The highest BCUT2D eigenvalue weighted by Crippen LogP contribution is 2.26. The van der Waals surface area contributed by atoms with E-state index in [0.29, 0.717) is 12.2 Å². The average molecular weight is 369 g/mol. The number of hydrogen-bond acceptors (Lipinski definition) is 5. The van der Waals surface area contributed by atoms with Crippen molar-refractivity contribution >= 4 is 5.91 Å². The Morgan fingerprint density at radius 2 is 2.00 bits per heavy atom. The summed E-state index contributed by atoms with van der Waals surface area (Å²) < 4.78 is 1.82. The molecule has 0 radical (unpaired) electrons. The van der Waals surface area contributed by atoms with Crippen molar-refractivity contribution in [2.75, 3.05) is 32.8 Å². The van der Waals surface area contributed by atoms with E-state index in [2.05, 4.69) is 27.3 Å². The molecule has 0 atom stereocenters. The fraction of sp³-hybridized carbons (Fsp3) is 0.550. The highest BCUT2D eigenvalue weighted by molar-refractivity contribution is 5.93. The van der Waals surface area contributed by atoms with Crippen molar-refractivity contribution in [2.24, 2.45) is 0 Å². The van der Waals surface area contributed by atoms with Gasteiger partial charge in [0.1, 0.15) is 0 Å². The zero-order valence-electron chi connectivity index (χ0n) is 15.9. The Bertz CT molecular complexity index is 826. The SMILES string of the molecule is Cc1c(C(=O)N2CCCCC2)nnn1-c1cccc2c1CCN(CCO)C2. The van der Waals surface area contributed by atoms with Crippen LogP contribution in [0.5, 0.6) is 0 Å². The maximum atomic E-state index is 12.8. The van der Waals surface area contributed by atoms with Crippen LogP contribution >= 0.6 is 0 Å². The number of nitrogens with zero attached hydrogens (tertiary/aromatic N) is 5. The Balaban J connectivity index is 1.63. The summed E-state index contributed by atoms with van der Waals surface area (Å²) in [6.07, 6.45) is 4.23. The van der Waals surface area contributed by atoms with Crippen molar-refractivity contribution in [3.05, 3.63) is 40.7 Å². The van der Waals surface area contributed by atoms with Gasteiger partial charge in [0, 0.05) is 32.7 Å². The molecule has 0 aliphatic carbocycles. The molecule has 1 fully saturated rings. The van der Waals surface area contributed by atoms with E-state index in [1.54, 1.807) is 0 Å². The minimum Gasteiger partial charge on any atom is -0.395 e. The van der Waals surface area contributed by atoms with Crippen LogP contribution in [0.15, 0.2) is 18.2 Å². The lowest BCUT2D eigenvalue weighted by Crippen LogP contribution is -2.36. The molecular formula is C20H27N5O2. The zero-order chi connectivity index (χ0) is 18.8. The highest BCUT2D eigenvalue weighted by atomic mass is 16.3. The molecule has 7 nitrogen and oxygen atoms in total. The van der Waals surface area contributed by atoms with Gasteiger partial charge in [-0.2, -0.15) is 0 Å². The Morgan fingerprint density at radius 1 is 1.19 bits per heavy atom. The van der Waals surface area contributed by atoms with E-state index in [1.807, 2.05) is 22.6 Å². The molecule has 0 bridgehead atoms. The fourth-order valence-electron chi connectivity index (χ4n) is 4.18. The predicted octanol–water partition coefficient (Wildman–Crippen LogP) is 1.55. The standard InChI is InChI=1S/C20H27N5O2/c1-15-19(20(27)24-9-3-2-4-10-24)21-22-25(15)18-7-5-6-16-14-23(12-13-26)11-8-17(16)18/h5-7,26H,2-4,8-14H2,1H3. The first kappa shape index (κ1) is 18.1. The van der Waals surface area contributed by atoms with Gasteiger partial charge < -0.3 is 10.0 Å². The van der Waals surface area contributed by atoms with Gasteiger partial charge in [0.25, 0.3) is 5.91 Å². The molecule has 1 aromatic heterocycles. The maximum absolute atomic E-state index is 12.8. The third-order valence-electron chi connectivity index (χ3n) is 5.71. The summed E-state index contributed by atoms with van der Waals surface area (Å²) >= 11 is 0. The van der Waals surface area contributed by atoms with Crippen molar-refractivity contribution in [1.82, 2.24) is 24.8 Å². The van der Waals surface area contributed by atoms with Crippen molar-refractivity contribution < 1.29 is 9.90 Å². The summed E-state index contributed by atoms with van der Waals surface area (Å²) in [4.78, 5) is 17.0. The number of aromatic nitrogens is 3. The van der Waals surface area contributed by atoms with Crippen LogP contribution in [0.1, 0.15) is 46.6 Å². The van der Waals surface area contributed by atoms with Crippen LogP contribution in [0.3, 0.4) is 0 Å². The van der Waals surface area contributed by atoms with Crippen molar-refractivity contribution in [3.8, 4) is 5.69 Å². The second kappa shape index (κ2) is 7.78. The summed E-state index contributed by atoms with van der Waals surface area (Å²) in [7, 11) is 0. The minimum absolute atomic E-state index is 0.00244. The minimum atomic E-state index is -0.00244. The lowest BCUT2D eigenvalue weighted by atomic mass is 9.97. The molecule has 1 amide bonds. The molecule has 1 saturated heterocycles. The summed E-state index contributed by atoms with van der Waals surface area (Å²) in [5, 5.41) is 17.8. The van der Waals surface area contributed by atoms with Gasteiger partial charge in [-0.15, -0.1) is 5.10 Å². The van der Waals surface area contributed by atoms with Gasteiger partial charge in [-0.3, -0.25) is 9.69 Å².